The second kappa shape index (κ2) is 7.14. The lowest BCUT2D eigenvalue weighted by atomic mass is 10.0. The number of aromatic hydroxyl groups is 1. The fourth-order valence-electron chi connectivity index (χ4n) is 4.39. The van der Waals surface area contributed by atoms with Gasteiger partial charge >= 0.3 is 5.69 Å². The molecule has 0 amide bonds. The fourth-order valence-corrected chi connectivity index (χ4v) is 4.52. The van der Waals surface area contributed by atoms with E-state index >= 15 is 0 Å². The maximum atomic E-state index is 13.3. The zero-order chi connectivity index (χ0) is 21.9. The summed E-state index contributed by atoms with van der Waals surface area (Å²) in [5.41, 5.74) is 2.95. The number of aromatic nitrogens is 3. The second-order valence-electron chi connectivity index (χ2n) is 7.66. The van der Waals surface area contributed by atoms with Gasteiger partial charge in [-0.05, 0) is 35.4 Å². The molecule has 4 aromatic rings. The van der Waals surface area contributed by atoms with Crippen molar-refractivity contribution in [3.05, 3.63) is 85.6 Å². The summed E-state index contributed by atoms with van der Waals surface area (Å²) in [6.07, 6.45) is -0.490. The predicted molar refractivity (Wildman–Crippen MR) is 119 cm³/mol. The summed E-state index contributed by atoms with van der Waals surface area (Å²) in [5, 5.41) is 10.8. The molecule has 3 heterocycles. The van der Waals surface area contributed by atoms with Crippen molar-refractivity contribution in [1.82, 2.24) is 13.7 Å². The smallest absolute Gasteiger partial charge is 0.331 e. The van der Waals surface area contributed by atoms with Crippen LogP contribution in [0.5, 0.6) is 5.75 Å². The van der Waals surface area contributed by atoms with Crippen LogP contribution in [-0.2, 0) is 25.4 Å². The number of phenols is 1. The van der Waals surface area contributed by atoms with Gasteiger partial charge in [-0.15, -0.1) is 0 Å². The van der Waals surface area contributed by atoms with Crippen LogP contribution in [0.1, 0.15) is 17.4 Å². The first-order valence-corrected chi connectivity index (χ1v) is 10.2. The fraction of sp³-hybridized carbons (Fsp3) is 0.217. The van der Waals surface area contributed by atoms with Crippen molar-refractivity contribution < 1.29 is 9.84 Å². The standard InChI is InChI=1S/C23H20ClN3O4/c1-25-19-17(22(29)26(2)23(25)30)18(13-3-7-15(24)8-4-13)27-11-12-31-21(20(19)27)14-5-9-16(28)10-6-14/h3-10,21,28H,11-12H2,1-2H3. The summed E-state index contributed by atoms with van der Waals surface area (Å²) in [7, 11) is 3.15. The van der Waals surface area contributed by atoms with E-state index in [1.165, 1.54) is 11.6 Å². The van der Waals surface area contributed by atoms with Crippen LogP contribution < -0.4 is 11.2 Å². The number of hydrogen-bond donors (Lipinski definition) is 1. The van der Waals surface area contributed by atoms with Crippen molar-refractivity contribution in [2.75, 3.05) is 6.61 Å². The van der Waals surface area contributed by atoms with Gasteiger partial charge in [0.1, 0.15) is 11.9 Å². The van der Waals surface area contributed by atoms with Gasteiger partial charge in [0.25, 0.3) is 5.56 Å². The molecule has 0 saturated carbocycles. The molecular formula is C23H20ClN3O4. The van der Waals surface area contributed by atoms with Crippen LogP contribution in [0.4, 0.5) is 0 Å². The van der Waals surface area contributed by atoms with Gasteiger partial charge in [0.2, 0.25) is 0 Å². The zero-order valence-corrected chi connectivity index (χ0v) is 17.8. The molecule has 0 fully saturated rings. The zero-order valence-electron chi connectivity index (χ0n) is 17.0. The van der Waals surface area contributed by atoms with E-state index in [0.29, 0.717) is 29.1 Å². The lowest BCUT2D eigenvalue weighted by Crippen LogP contribution is -2.37. The predicted octanol–water partition coefficient (Wildman–Crippen LogP) is 3.18. The van der Waals surface area contributed by atoms with Crippen LogP contribution in [0.3, 0.4) is 0 Å². The summed E-state index contributed by atoms with van der Waals surface area (Å²) in [6.45, 7) is 0.974. The number of benzene rings is 2. The van der Waals surface area contributed by atoms with Crippen LogP contribution in [0.25, 0.3) is 22.2 Å². The molecular weight excluding hydrogens is 418 g/mol. The molecule has 31 heavy (non-hydrogen) atoms. The number of fused-ring (bicyclic) bond motifs is 3. The number of ether oxygens (including phenoxy) is 1. The molecule has 0 saturated heterocycles. The van der Waals surface area contributed by atoms with E-state index in [-0.39, 0.29) is 11.3 Å². The first-order chi connectivity index (χ1) is 14.9. The monoisotopic (exact) mass is 437 g/mol. The molecule has 5 rings (SSSR count). The number of hydrogen-bond acceptors (Lipinski definition) is 4. The van der Waals surface area contributed by atoms with Crippen molar-refractivity contribution in [1.29, 1.82) is 0 Å². The van der Waals surface area contributed by atoms with Gasteiger partial charge in [-0.25, -0.2) is 4.79 Å². The Bertz CT molecular complexity index is 1430. The van der Waals surface area contributed by atoms with Crippen molar-refractivity contribution in [2.45, 2.75) is 12.6 Å². The number of phenolic OH excluding ortho intramolecular Hbond substituents is 1. The molecule has 1 aliphatic heterocycles. The van der Waals surface area contributed by atoms with Gasteiger partial charge in [0, 0.05) is 25.7 Å². The molecule has 0 spiro atoms. The Balaban J connectivity index is 1.93. The molecule has 1 atom stereocenters. The van der Waals surface area contributed by atoms with E-state index in [9.17, 15) is 14.7 Å². The first-order valence-electron chi connectivity index (χ1n) is 9.87. The number of aryl methyl sites for hydroxylation is 1. The van der Waals surface area contributed by atoms with Crippen molar-refractivity contribution in [2.24, 2.45) is 14.1 Å². The average Bonchev–Trinajstić information content (AvgIpc) is 3.13. The van der Waals surface area contributed by atoms with Gasteiger partial charge in [0.15, 0.2) is 0 Å². The van der Waals surface area contributed by atoms with Crippen LogP contribution in [0, 0.1) is 0 Å². The average molecular weight is 438 g/mol. The minimum absolute atomic E-state index is 0.155. The highest BCUT2D eigenvalue weighted by Crippen LogP contribution is 2.40. The molecule has 158 valence electrons. The molecule has 1 aliphatic rings. The lowest BCUT2D eigenvalue weighted by Gasteiger charge is -2.27. The Morgan fingerprint density at radius 1 is 1.00 bits per heavy atom. The molecule has 2 aromatic carbocycles. The number of nitrogens with zero attached hydrogens (tertiary/aromatic N) is 3. The second-order valence-corrected chi connectivity index (χ2v) is 8.10. The molecule has 0 aliphatic carbocycles. The Labute approximate surface area is 182 Å². The summed E-state index contributed by atoms with van der Waals surface area (Å²) in [5.74, 6) is 0.155. The Morgan fingerprint density at radius 2 is 1.68 bits per heavy atom. The third kappa shape index (κ3) is 2.92. The Kier molecular flexibility index (Phi) is 4.53. The Morgan fingerprint density at radius 3 is 2.35 bits per heavy atom. The third-order valence-corrected chi connectivity index (χ3v) is 6.12. The molecule has 1 N–H and O–H groups in total. The van der Waals surface area contributed by atoms with Gasteiger partial charge in [-0.2, -0.15) is 0 Å². The molecule has 8 heteroatoms. The van der Waals surface area contributed by atoms with Crippen LogP contribution in [0.15, 0.2) is 58.1 Å². The minimum atomic E-state index is -0.490. The number of rotatable bonds is 2. The maximum absolute atomic E-state index is 13.3. The maximum Gasteiger partial charge on any atom is 0.331 e. The largest absolute Gasteiger partial charge is 0.508 e. The normalized spacial score (nSPS) is 15.9. The van der Waals surface area contributed by atoms with E-state index < -0.39 is 11.8 Å². The highest BCUT2D eigenvalue weighted by Gasteiger charge is 2.33. The van der Waals surface area contributed by atoms with E-state index in [1.54, 1.807) is 43.4 Å². The minimum Gasteiger partial charge on any atom is -0.508 e. The van der Waals surface area contributed by atoms with E-state index in [2.05, 4.69) is 4.57 Å². The molecule has 7 nitrogen and oxygen atoms in total. The van der Waals surface area contributed by atoms with E-state index in [1.807, 2.05) is 12.1 Å². The van der Waals surface area contributed by atoms with E-state index in [4.69, 9.17) is 16.3 Å². The van der Waals surface area contributed by atoms with Gasteiger partial charge in [-0.3, -0.25) is 13.9 Å². The van der Waals surface area contributed by atoms with Gasteiger partial charge in [-0.1, -0.05) is 35.9 Å². The van der Waals surface area contributed by atoms with Gasteiger partial charge in [0.05, 0.1) is 28.9 Å². The molecule has 0 bridgehead atoms. The third-order valence-electron chi connectivity index (χ3n) is 5.87. The van der Waals surface area contributed by atoms with Crippen molar-refractivity contribution >= 4 is 22.5 Å². The summed E-state index contributed by atoms with van der Waals surface area (Å²) >= 11 is 6.09. The highest BCUT2D eigenvalue weighted by molar-refractivity contribution is 6.30. The Hall–Kier alpha value is -3.29. The quantitative estimate of drug-likeness (QED) is 0.522. The van der Waals surface area contributed by atoms with Crippen LogP contribution >= 0.6 is 11.6 Å². The van der Waals surface area contributed by atoms with Crippen LogP contribution in [-0.4, -0.2) is 25.4 Å². The summed E-state index contributed by atoms with van der Waals surface area (Å²) < 4.78 is 10.8. The number of halogens is 1. The molecule has 0 radical (unpaired) electrons. The van der Waals surface area contributed by atoms with Crippen molar-refractivity contribution in [3.8, 4) is 17.0 Å². The first kappa shape index (κ1) is 19.7. The summed E-state index contributed by atoms with van der Waals surface area (Å²) in [4.78, 5) is 26.1. The molecule has 1 unspecified atom stereocenters. The van der Waals surface area contributed by atoms with Crippen LogP contribution in [0.2, 0.25) is 5.02 Å². The SMILES string of the molecule is Cn1c(=O)c2c(-c3ccc(Cl)cc3)n3c(c2n(C)c1=O)C(c1ccc(O)cc1)OCC3. The summed E-state index contributed by atoms with van der Waals surface area (Å²) in [6, 6.07) is 14.1. The highest BCUT2D eigenvalue weighted by atomic mass is 35.5. The lowest BCUT2D eigenvalue weighted by molar-refractivity contribution is 0.0478. The van der Waals surface area contributed by atoms with Crippen molar-refractivity contribution in [3.63, 3.8) is 0 Å². The topological polar surface area (TPSA) is 78.4 Å². The van der Waals surface area contributed by atoms with Gasteiger partial charge < -0.3 is 14.4 Å². The van der Waals surface area contributed by atoms with E-state index in [0.717, 1.165) is 27.1 Å². The molecule has 2 aromatic heterocycles.